The number of hydrogen-bond donors (Lipinski definition) is 0. The predicted molar refractivity (Wildman–Crippen MR) is 127 cm³/mol. The Morgan fingerprint density at radius 2 is 1.29 bits per heavy atom. The maximum absolute atomic E-state index is 14.7. The van der Waals surface area contributed by atoms with Crippen LogP contribution in [0.3, 0.4) is 0 Å². The molecule has 0 saturated carbocycles. The predicted octanol–water partition coefficient (Wildman–Crippen LogP) is 5.10. The highest BCUT2D eigenvalue weighted by Crippen LogP contribution is 2.49. The summed E-state index contributed by atoms with van der Waals surface area (Å²) in [7, 11) is -1.36. The Bertz CT molecular complexity index is 1020. The van der Waals surface area contributed by atoms with Gasteiger partial charge >= 0.3 is 5.97 Å². The van der Waals surface area contributed by atoms with E-state index in [1.165, 1.54) is 0 Å². The molecule has 0 unspecified atom stereocenters. The topological polar surface area (TPSA) is 46.6 Å². The lowest BCUT2D eigenvalue weighted by atomic mass is 10.0. The number of benzene rings is 3. The van der Waals surface area contributed by atoms with Crippen LogP contribution in [0.4, 0.5) is 0 Å². The minimum Gasteiger partial charge on any atom is -0.452 e. The van der Waals surface area contributed by atoms with E-state index in [0.717, 1.165) is 16.2 Å². The van der Waals surface area contributed by atoms with Crippen LogP contribution in [-0.2, 0) is 14.1 Å². The van der Waals surface area contributed by atoms with Crippen LogP contribution in [0.25, 0.3) is 0 Å². The molecule has 4 nitrogen and oxygen atoms in total. The van der Waals surface area contributed by atoms with Gasteiger partial charge in [0.15, 0.2) is 0 Å². The molecule has 0 heterocycles. The summed E-state index contributed by atoms with van der Waals surface area (Å²) in [5, 5.41) is 1.46. The number of likely N-dealkylation sites (N-methyl/N-ethyl adjacent to an activating group) is 1. The highest BCUT2D eigenvalue weighted by molar-refractivity contribution is 7.76. The largest absolute Gasteiger partial charge is 0.452 e. The van der Waals surface area contributed by atoms with E-state index in [0.29, 0.717) is 5.57 Å². The average molecular weight is 433 g/mol. The third-order valence-corrected chi connectivity index (χ3v) is 8.64. The third kappa shape index (κ3) is 4.87. The lowest BCUT2D eigenvalue weighted by molar-refractivity contribution is -0.146. The average Bonchev–Trinajstić information content (AvgIpc) is 2.82. The molecule has 2 atom stereocenters. The van der Waals surface area contributed by atoms with Gasteiger partial charge in [-0.3, -0.25) is 4.57 Å². The number of carbonyl (C=O) groups excluding carboxylic acids is 1. The van der Waals surface area contributed by atoms with Gasteiger partial charge in [-0.25, -0.2) is 9.46 Å². The van der Waals surface area contributed by atoms with Gasteiger partial charge in [-0.1, -0.05) is 73.3 Å². The summed E-state index contributed by atoms with van der Waals surface area (Å²) in [5.41, 5.74) is 1.16. The number of nitrogens with zero attached hydrogens (tertiary/aromatic N) is 1. The maximum Gasteiger partial charge on any atom is 0.333 e. The highest BCUT2D eigenvalue weighted by Gasteiger charge is 2.39. The molecule has 0 spiro atoms. The van der Waals surface area contributed by atoms with Gasteiger partial charge in [0.1, 0.15) is 6.10 Å². The Morgan fingerprint density at radius 1 is 0.871 bits per heavy atom. The number of esters is 1. The standard InChI is InChI=1S/C26H28NO3P/c1-20(2)26(28)30-25(22-14-8-5-9-15-22)21(3)27(4)31(29,23-16-10-6-11-17-23)24-18-12-7-13-19-24/h5-19,21,25H,1H2,2-4H3/t21-,25+/m0/s1. The molecule has 5 heteroatoms. The zero-order chi connectivity index (χ0) is 22.4. The summed E-state index contributed by atoms with van der Waals surface area (Å²) in [4.78, 5) is 12.4. The van der Waals surface area contributed by atoms with Crippen molar-refractivity contribution in [3.63, 3.8) is 0 Å². The fourth-order valence-corrected chi connectivity index (χ4v) is 6.34. The van der Waals surface area contributed by atoms with E-state index in [4.69, 9.17) is 4.74 Å². The van der Waals surface area contributed by atoms with Crippen LogP contribution >= 0.6 is 7.29 Å². The highest BCUT2D eigenvalue weighted by atomic mass is 31.2. The third-order valence-electron chi connectivity index (χ3n) is 5.39. The minimum atomic E-state index is -3.19. The summed E-state index contributed by atoms with van der Waals surface area (Å²) in [5.74, 6) is -0.469. The Labute approximate surface area is 184 Å². The van der Waals surface area contributed by atoms with Crippen LogP contribution in [0, 0.1) is 0 Å². The van der Waals surface area contributed by atoms with Crippen molar-refractivity contribution < 1.29 is 14.1 Å². The van der Waals surface area contributed by atoms with E-state index < -0.39 is 19.4 Å². The van der Waals surface area contributed by atoms with E-state index in [1.54, 1.807) is 6.92 Å². The summed E-state index contributed by atoms with van der Waals surface area (Å²) >= 11 is 0. The van der Waals surface area contributed by atoms with Crippen molar-refractivity contribution in [3.8, 4) is 0 Å². The molecular formula is C26H28NO3P. The molecule has 0 aliphatic rings. The van der Waals surface area contributed by atoms with Crippen LogP contribution in [0.15, 0.2) is 103 Å². The van der Waals surface area contributed by atoms with Crippen LogP contribution in [-0.4, -0.2) is 23.7 Å². The van der Waals surface area contributed by atoms with E-state index in [2.05, 4.69) is 6.58 Å². The van der Waals surface area contributed by atoms with Gasteiger partial charge in [0.2, 0.25) is 7.29 Å². The van der Waals surface area contributed by atoms with Gasteiger partial charge in [-0.15, -0.1) is 0 Å². The molecule has 0 N–H and O–H groups in total. The SMILES string of the molecule is C=C(C)C(=O)O[C@@H](c1ccccc1)[C@H](C)N(C)P(=O)(c1ccccc1)c1ccccc1. The number of ether oxygens (including phenoxy) is 1. The summed E-state index contributed by atoms with van der Waals surface area (Å²) in [6.07, 6.45) is -0.615. The molecule has 160 valence electrons. The molecule has 3 aromatic carbocycles. The van der Waals surface area contributed by atoms with E-state index >= 15 is 0 Å². The molecule has 0 amide bonds. The van der Waals surface area contributed by atoms with Gasteiger partial charge < -0.3 is 4.74 Å². The molecule has 0 radical (unpaired) electrons. The van der Waals surface area contributed by atoms with Crippen LogP contribution in [0.2, 0.25) is 0 Å². The Hall–Kier alpha value is -2.94. The van der Waals surface area contributed by atoms with Gasteiger partial charge in [-0.05, 0) is 50.7 Å². The second-order valence-corrected chi connectivity index (χ2v) is 10.4. The van der Waals surface area contributed by atoms with E-state index in [-0.39, 0.29) is 6.04 Å². The summed E-state index contributed by atoms with van der Waals surface area (Å²) in [6, 6.07) is 28.1. The minimum absolute atomic E-state index is 0.324. The molecule has 0 aromatic heterocycles. The van der Waals surface area contributed by atoms with Crippen LogP contribution in [0.5, 0.6) is 0 Å². The number of carbonyl (C=O) groups is 1. The zero-order valence-electron chi connectivity index (χ0n) is 18.1. The molecule has 31 heavy (non-hydrogen) atoms. The molecule has 0 bridgehead atoms. The fraction of sp³-hybridized carbons (Fsp3) is 0.192. The van der Waals surface area contributed by atoms with Crippen molar-refractivity contribution in [2.24, 2.45) is 0 Å². The van der Waals surface area contributed by atoms with Crippen molar-refractivity contribution >= 4 is 23.9 Å². The second kappa shape index (κ2) is 9.91. The van der Waals surface area contributed by atoms with Crippen molar-refractivity contribution in [2.45, 2.75) is 26.0 Å². The monoisotopic (exact) mass is 433 g/mol. The van der Waals surface area contributed by atoms with Crippen molar-refractivity contribution in [1.82, 2.24) is 4.67 Å². The van der Waals surface area contributed by atoms with Crippen molar-refractivity contribution in [1.29, 1.82) is 0 Å². The van der Waals surface area contributed by atoms with Crippen molar-refractivity contribution in [2.75, 3.05) is 7.05 Å². The molecule has 3 aromatic rings. The molecule has 3 rings (SSSR count). The maximum atomic E-state index is 14.7. The van der Waals surface area contributed by atoms with Gasteiger partial charge in [0.25, 0.3) is 0 Å². The molecule has 0 saturated heterocycles. The first-order chi connectivity index (χ1) is 14.9. The fourth-order valence-electron chi connectivity index (χ4n) is 3.53. The molecular weight excluding hydrogens is 405 g/mol. The zero-order valence-corrected chi connectivity index (χ0v) is 19.0. The Balaban J connectivity index is 2.08. The Morgan fingerprint density at radius 3 is 1.71 bits per heavy atom. The first-order valence-corrected chi connectivity index (χ1v) is 11.9. The normalized spacial score (nSPS) is 13.4. The van der Waals surface area contributed by atoms with E-state index in [9.17, 15) is 9.36 Å². The summed E-state index contributed by atoms with van der Waals surface area (Å²) < 4.78 is 22.4. The molecule has 0 aliphatic heterocycles. The molecule has 0 fully saturated rings. The first-order valence-electron chi connectivity index (χ1n) is 10.2. The van der Waals surface area contributed by atoms with Crippen LogP contribution in [0.1, 0.15) is 25.5 Å². The molecule has 0 aliphatic carbocycles. The lowest BCUT2D eigenvalue weighted by Crippen LogP contribution is -2.40. The summed E-state index contributed by atoms with van der Waals surface area (Å²) in [6.45, 7) is 7.26. The first kappa shape index (κ1) is 22.7. The number of hydrogen-bond acceptors (Lipinski definition) is 3. The van der Waals surface area contributed by atoms with Crippen LogP contribution < -0.4 is 10.6 Å². The van der Waals surface area contributed by atoms with Gasteiger partial charge in [0.05, 0.1) is 6.04 Å². The van der Waals surface area contributed by atoms with Gasteiger partial charge in [0, 0.05) is 16.2 Å². The van der Waals surface area contributed by atoms with Crippen molar-refractivity contribution in [3.05, 3.63) is 109 Å². The lowest BCUT2D eigenvalue weighted by Gasteiger charge is -2.37. The van der Waals surface area contributed by atoms with E-state index in [1.807, 2.05) is 110 Å². The second-order valence-electron chi connectivity index (χ2n) is 7.58. The van der Waals surface area contributed by atoms with Gasteiger partial charge in [-0.2, -0.15) is 0 Å². The number of rotatable bonds is 8. The quantitative estimate of drug-likeness (QED) is 0.282. The Kier molecular flexibility index (Phi) is 7.27. The smallest absolute Gasteiger partial charge is 0.333 e.